The SMILES string of the molecule is Cc1ccc(N2CCCCC2)c(CC(C)(C)N)c1. The molecule has 1 aliphatic heterocycles. The molecule has 0 unspecified atom stereocenters. The van der Waals surface area contributed by atoms with E-state index in [1.165, 1.54) is 49.2 Å². The lowest BCUT2D eigenvalue weighted by atomic mass is 9.93. The Morgan fingerprint density at radius 2 is 1.83 bits per heavy atom. The van der Waals surface area contributed by atoms with Crippen LogP contribution in [0.5, 0.6) is 0 Å². The summed E-state index contributed by atoms with van der Waals surface area (Å²) in [6, 6.07) is 6.80. The number of anilines is 1. The molecule has 0 bridgehead atoms. The van der Waals surface area contributed by atoms with E-state index < -0.39 is 0 Å². The second-order valence-electron chi connectivity index (χ2n) is 6.35. The number of aryl methyl sites for hydroxylation is 1. The van der Waals surface area contributed by atoms with Crippen molar-refractivity contribution in [3.63, 3.8) is 0 Å². The van der Waals surface area contributed by atoms with Crippen LogP contribution in [0.4, 0.5) is 5.69 Å². The summed E-state index contributed by atoms with van der Waals surface area (Å²) in [5.74, 6) is 0. The summed E-state index contributed by atoms with van der Waals surface area (Å²) in [6.45, 7) is 8.76. The highest BCUT2D eigenvalue weighted by molar-refractivity contribution is 5.55. The van der Waals surface area contributed by atoms with Gasteiger partial charge in [-0.2, -0.15) is 0 Å². The fourth-order valence-electron chi connectivity index (χ4n) is 2.79. The fraction of sp³-hybridized carbons (Fsp3) is 0.625. The molecule has 18 heavy (non-hydrogen) atoms. The zero-order valence-corrected chi connectivity index (χ0v) is 12.0. The van der Waals surface area contributed by atoms with Crippen LogP contribution in [-0.4, -0.2) is 18.6 Å². The lowest BCUT2D eigenvalue weighted by Crippen LogP contribution is -2.36. The molecule has 0 amide bonds. The Hall–Kier alpha value is -1.02. The average Bonchev–Trinajstić information content (AvgIpc) is 2.28. The third kappa shape index (κ3) is 3.49. The average molecular weight is 246 g/mol. The minimum atomic E-state index is -0.141. The van der Waals surface area contributed by atoms with Crippen molar-refractivity contribution in [3.05, 3.63) is 29.3 Å². The molecule has 1 aliphatic rings. The lowest BCUT2D eigenvalue weighted by molar-refractivity contribution is 0.513. The van der Waals surface area contributed by atoms with Crippen molar-refractivity contribution in [2.45, 2.75) is 52.0 Å². The van der Waals surface area contributed by atoms with Crippen LogP contribution in [-0.2, 0) is 6.42 Å². The van der Waals surface area contributed by atoms with Gasteiger partial charge in [0.05, 0.1) is 0 Å². The fourth-order valence-corrected chi connectivity index (χ4v) is 2.79. The first-order valence-corrected chi connectivity index (χ1v) is 7.09. The Morgan fingerprint density at radius 1 is 1.17 bits per heavy atom. The smallest absolute Gasteiger partial charge is 0.0399 e. The zero-order valence-electron chi connectivity index (χ0n) is 12.0. The number of rotatable bonds is 3. The molecule has 1 aromatic carbocycles. The van der Waals surface area contributed by atoms with Crippen molar-refractivity contribution in [3.8, 4) is 0 Å². The molecule has 0 aliphatic carbocycles. The number of nitrogens with zero attached hydrogens (tertiary/aromatic N) is 1. The third-order valence-corrected chi connectivity index (χ3v) is 3.58. The summed E-state index contributed by atoms with van der Waals surface area (Å²) in [5.41, 5.74) is 10.2. The van der Waals surface area contributed by atoms with E-state index in [9.17, 15) is 0 Å². The molecule has 1 saturated heterocycles. The van der Waals surface area contributed by atoms with Gasteiger partial charge in [0.15, 0.2) is 0 Å². The maximum atomic E-state index is 6.20. The topological polar surface area (TPSA) is 29.3 Å². The van der Waals surface area contributed by atoms with Gasteiger partial charge in [-0.1, -0.05) is 17.7 Å². The Kier molecular flexibility index (Phi) is 3.96. The molecule has 2 rings (SSSR count). The van der Waals surface area contributed by atoms with Gasteiger partial charge in [0, 0.05) is 24.3 Å². The molecule has 0 radical (unpaired) electrons. The van der Waals surface area contributed by atoms with Crippen molar-refractivity contribution < 1.29 is 0 Å². The maximum absolute atomic E-state index is 6.20. The van der Waals surface area contributed by atoms with Crippen LogP contribution in [0, 0.1) is 6.92 Å². The van der Waals surface area contributed by atoms with Gasteiger partial charge in [-0.15, -0.1) is 0 Å². The first kappa shape index (κ1) is 13.4. The summed E-state index contributed by atoms with van der Waals surface area (Å²) in [4.78, 5) is 2.53. The summed E-state index contributed by atoms with van der Waals surface area (Å²) in [5, 5.41) is 0. The first-order valence-electron chi connectivity index (χ1n) is 7.09. The van der Waals surface area contributed by atoms with E-state index in [-0.39, 0.29) is 5.54 Å². The predicted molar refractivity (Wildman–Crippen MR) is 79.2 cm³/mol. The molecule has 0 spiro atoms. The highest BCUT2D eigenvalue weighted by Gasteiger charge is 2.19. The van der Waals surface area contributed by atoms with Crippen LogP contribution in [0.2, 0.25) is 0 Å². The van der Waals surface area contributed by atoms with Gasteiger partial charge in [0.2, 0.25) is 0 Å². The minimum absolute atomic E-state index is 0.141. The van der Waals surface area contributed by atoms with Gasteiger partial charge < -0.3 is 10.6 Å². The van der Waals surface area contributed by atoms with Crippen molar-refractivity contribution in [2.75, 3.05) is 18.0 Å². The largest absolute Gasteiger partial charge is 0.371 e. The second kappa shape index (κ2) is 5.31. The normalized spacial score (nSPS) is 17.0. The van der Waals surface area contributed by atoms with Crippen LogP contribution in [0.1, 0.15) is 44.2 Å². The molecular formula is C16H26N2. The highest BCUT2D eigenvalue weighted by Crippen LogP contribution is 2.27. The van der Waals surface area contributed by atoms with E-state index in [4.69, 9.17) is 5.73 Å². The maximum Gasteiger partial charge on any atom is 0.0399 e. The first-order chi connectivity index (χ1) is 8.46. The minimum Gasteiger partial charge on any atom is -0.371 e. The molecular weight excluding hydrogens is 220 g/mol. The summed E-state index contributed by atoms with van der Waals surface area (Å²) in [7, 11) is 0. The van der Waals surface area contributed by atoms with Crippen LogP contribution in [0.25, 0.3) is 0 Å². The molecule has 1 aromatic rings. The lowest BCUT2D eigenvalue weighted by Gasteiger charge is -2.32. The molecule has 2 nitrogen and oxygen atoms in total. The predicted octanol–water partition coefficient (Wildman–Crippen LogP) is 3.27. The Balaban J connectivity index is 2.27. The van der Waals surface area contributed by atoms with Gasteiger partial charge in [0.25, 0.3) is 0 Å². The molecule has 0 saturated carbocycles. The second-order valence-corrected chi connectivity index (χ2v) is 6.35. The number of benzene rings is 1. The molecule has 2 heteroatoms. The van der Waals surface area contributed by atoms with Gasteiger partial charge >= 0.3 is 0 Å². The summed E-state index contributed by atoms with van der Waals surface area (Å²) >= 11 is 0. The van der Waals surface area contributed by atoms with E-state index in [1.807, 2.05) is 0 Å². The third-order valence-electron chi connectivity index (χ3n) is 3.58. The van der Waals surface area contributed by atoms with Crippen LogP contribution < -0.4 is 10.6 Å². The number of piperidine rings is 1. The van der Waals surface area contributed by atoms with Crippen molar-refractivity contribution in [2.24, 2.45) is 5.73 Å². The Labute approximate surface area is 111 Å². The van der Waals surface area contributed by atoms with Crippen LogP contribution in [0.15, 0.2) is 18.2 Å². The molecule has 0 aromatic heterocycles. The number of hydrogen-bond donors (Lipinski definition) is 1. The zero-order chi connectivity index (χ0) is 13.2. The Bertz CT molecular complexity index is 398. The van der Waals surface area contributed by atoms with Crippen LogP contribution >= 0.6 is 0 Å². The van der Waals surface area contributed by atoms with Crippen molar-refractivity contribution in [1.29, 1.82) is 0 Å². The molecule has 1 heterocycles. The van der Waals surface area contributed by atoms with E-state index in [1.54, 1.807) is 0 Å². The molecule has 1 fully saturated rings. The van der Waals surface area contributed by atoms with E-state index in [2.05, 4.69) is 43.9 Å². The van der Waals surface area contributed by atoms with Crippen molar-refractivity contribution in [1.82, 2.24) is 0 Å². The molecule has 2 N–H and O–H groups in total. The van der Waals surface area contributed by atoms with E-state index in [0.29, 0.717) is 0 Å². The molecule has 100 valence electrons. The summed E-state index contributed by atoms with van der Waals surface area (Å²) < 4.78 is 0. The van der Waals surface area contributed by atoms with Gasteiger partial charge in [0.1, 0.15) is 0 Å². The van der Waals surface area contributed by atoms with Gasteiger partial charge in [-0.05, 0) is 58.1 Å². The quantitative estimate of drug-likeness (QED) is 0.887. The summed E-state index contributed by atoms with van der Waals surface area (Å²) in [6.07, 6.45) is 4.96. The van der Waals surface area contributed by atoms with Crippen LogP contribution in [0.3, 0.4) is 0 Å². The van der Waals surface area contributed by atoms with E-state index in [0.717, 1.165) is 6.42 Å². The van der Waals surface area contributed by atoms with E-state index >= 15 is 0 Å². The monoisotopic (exact) mass is 246 g/mol. The standard InChI is InChI=1S/C16H26N2/c1-13-7-8-15(18-9-5-4-6-10-18)14(11-13)12-16(2,3)17/h7-8,11H,4-6,9-10,12,17H2,1-3H3. The number of nitrogens with two attached hydrogens (primary N) is 1. The number of hydrogen-bond acceptors (Lipinski definition) is 2. The Morgan fingerprint density at radius 3 is 2.44 bits per heavy atom. The molecule has 0 atom stereocenters. The van der Waals surface area contributed by atoms with Gasteiger partial charge in [-0.3, -0.25) is 0 Å². The highest BCUT2D eigenvalue weighted by atomic mass is 15.1. The van der Waals surface area contributed by atoms with Gasteiger partial charge in [-0.25, -0.2) is 0 Å². The van der Waals surface area contributed by atoms with Crippen molar-refractivity contribution >= 4 is 5.69 Å².